The molecule has 2 aliphatic heterocycles. The first kappa shape index (κ1) is 18.0. The van der Waals surface area contributed by atoms with Gasteiger partial charge in [0, 0.05) is 42.4 Å². The van der Waals surface area contributed by atoms with Gasteiger partial charge >= 0.3 is 0 Å². The Morgan fingerprint density at radius 1 is 1.07 bits per heavy atom. The third-order valence-corrected chi connectivity index (χ3v) is 5.95. The topological polar surface area (TPSA) is 49.4 Å². The Hall–Kier alpha value is -2.43. The number of nitrogens with one attached hydrogen (secondary N) is 1. The normalized spacial score (nSPS) is 25.9. The number of halogens is 1. The van der Waals surface area contributed by atoms with Crippen LogP contribution in [0.5, 0.6) is 0 Å². The highest BCUT2D eigenvalue weighted by molar-refractivity contribution is 6.00. The monoisotopic (exact) mass is 368 g/mol. The van der Waals surface area contributed by atoms with Crippen LogP contribution >= 0.6 is 0 Å². The minimum atomic E-state index is -0.533. The Bertz CT molecular complexity index is 806. The van der Waals surface area contributed by atoms with Crippen LogP contribution in [0, 0.1) is 11.7 Å². The van der Waals surface area contributed by atoms with Gasteiger partial charge in [-0.05, 0) is 49.8 Å². The zero-order valence-corrected chi connectivity index (χ0v) is 15.5. The van der Waals surface area contributed by atoms with E-state index in [1.54, 1.807) is 12.1 Å². The third-order valence-electron chi connectivity index (χ3n) is 5.95. The van der Waals surface area contributed by atoms with Crippen LogP contribution in [0.25, 0.3) is 0 Å². The zero-order chi connectivity index (χ0) is 19.0. The predicted molar refractivity (Wildman–Crippen MR) is 101 cm³/mol. The first-order chi connectivity index (χ1) is 13.1. The number of ketones is 1. The van der Waals surface area contributed by atoms with Crippen molar-refractivity contribution >= 4 is 11.7 Å². The van der Waals surface area contributed by atoms with Crippen LogP contribution in [0.15, 0.2) is 47.8 Å². The van der Waals surface area contributed by atoms with E-state index in [1.165, 1.54) is 12.1 Å². The van der Waals surface area contributed by atoms with E-state index in [9.17, 15) is 14.0 Å². The zero-order valence-electron chi connectivity index (χ0n) is 15.5. The van der Waals surface area contributed by atoms with Gasteiger partial charge in [0.1, 0.15) is 5.82 Å². The molecule has 4 rings (SSSR count). The average molecular weight is 368 g/mol. The average Bonchev–Trinajstić information content (AvgIpc) is 2.68. The van der Waals surface area contributed by atoms with E-state index in [-0.39, 0.29) is 17.5 Å². The molecule has 3 aliphatic rings. The Morgan fingerprint density at radius 2 is 1.78 bits per heavy atom. The molecule has 2 heterocycles. The first-order valence-electron chi connectivity index (χ1n) is 9.82. The van der Waals surface area contributed by atoms with Crippen molar-refractivity contribution < 1.29 is 14.0 Å². The highest BCUT2D eigenvalue weighted by Gasteiger charge is 2.44. The van der Waals surface area contributed by atoms with Crippen LogP contribution in [-0.2, 0) is 9.59 Å². The number of hydrogen-bond acceptors (Lipinski definition) is 3. The standard InChI is InChI=1S/C22H25FN2O2/c1-14-19(22(27)25-12-3-2-4-13-25)20(15-8-10-16(23)11-9-15)21-17(24-14)6-5-7-18(21)26/h8-11,19-20,24H,1-7,12-13H2. The van der Waals surface area contributed by atoms with Gasteiger partial charge in [0.05, 0.1) is 5.92 Å². The molecule has 0 bridgehead atoms. The number of benzene rings is 1. The molecule has 0 spiro atoms. The summed E-state index contributed by atoms with van der Waals surface area (Å²) < 4.78 is 13.5. The number of carbonyl (C=O) groups is 2. The predicted octanol–water partition coefficient (Wildman–Crippen LogP) is 3.66. The minimum Gasteiger partial charge on any atom is -0.362 e. The summed E-state index contributed by atoms with van der Waals surface area (Å²) in [5, 5.41) is 3.27. The molecule has 1 aliphatic carbocycles. The first-order valence-corrected chi connectivity index (χ1v) is 9.82. The highest BCUT2D eigenvalue weighted by atomic mass is 19.1. The molecule has 142 valence electrons. The summed E-state index contributed by atoms with van der Waals surface area (Å²) in [5.74, 6) is -1.14. The Labute approximate surface area is 159 Å². The molecule has 1 amide bonds. The van der Waals surface area contributed by atoms with Crippen LogP contribution in [-0.4, -0.2) is 29.7 Å². The summed E-state index contributed by atoms with van der Waals surface area (Å²) in [5.41, 5.74) is 3.02. The molecular formula is C22H25FN2O2. The van der Waals surface area contributed by atoms with Gasteiger partial charge in [-0.1, -0.05) is 18.7 Å². The number of hydrogen-bond donors (Lipinski definition) is 1. The van der Waals surface area contributed by atoms with E-state index in [4.69, 9.17) is 0 Å². The molecule has 0 aromatic heterocycles. The number of nitrogens with zero attached hydrogens (tertiary/aromatic N) is 1. The van der Waals surface area contributed by atoms with Crippen LogP contribution in [0.1, 0.15) is 50.0 Å². The smallest absolute Gasteiger partial charge is 0.232 e. The van der Waals surface area contributed by atoms with Crippen molar-refractivity contribution in [2.75, 3.05) is 13.1 Å². The number of likely N-dealkylation sites (tertiary alicyclic amines) is 1. The maximum absolute atomic E-state index is 13.5. The van der Waals surface area contributed by atoms with Crippen molar-refractivity contribution in [2.45, 2.75) is 44.4 Å². The number of Topliss-reactive ketones (excluding diaryl/α,β-unsaturated/α-hetero) is 1. The molecule has 4 nitrogen and oxygen atoms in total. The van der Waals surface area contributed by atoms with Gasteiger partial charge in [0.2, 0.25) is 5.91 Å². The molecule has 1 N–H and O–H groups in total. The maximum Gasteiger partial charge on any atom is 0.232 e. The molecule has 27 heavy (non-hydrogen) atoms. The molecule has 1 aromatic carbocycles. The highest BCUT2D eigenvalue weighted by Crippen LogP contribution is 2.44. The lowest BCUT2D eigenvalue weighted by Gasteiger charge is -2.41. The fourth-order valence-corrected chi connectivity index (χ4v) is 4.63. The van der Waals surface area contributed by atoms with E-state index < -0.39 is 11.8 Å². The Morgan fingerprint density at radius 3 is 2.48 bits per heavy atom. The van der Waals surface area contributed by atoms with Crippen molar-refractivity contribution in [2.24, 2.45) is 5.92 Å². The third kappa shape index (κ3) is 3.31. The fraction of sp³-hybridized carbons (Fsp3) is 0.455. The molecule has 0 saturated carbocycles. The lowest BCUT2D eigenvalue weighted by Crippen LogP contribution is -2.47. The second-order valence-electron chi connectivity index (χ2n) is 7.71. The van der Waals surface area contributed by atoms with Crippen molar-refractivity contribution in [3.8, 4) is 0 Å². The number of rotatable bonds is 2. The van der Waals surface area contributed by atoms with Crippen molar-refractivity contribution in [3.05, 3.63) is 59.2 Å². The second-order valence-corrected chi connectivity index (χ2v) is 7.71. The Kier molecular flexibility index (Phi) is 4.85. The molecule has 0 radical (unpaired) electrons. The van der Waals surface area contributed by atoms with E-state index in [1.807, 2.05) is 4.90 Å². The number of amides is 1. The van der Waals surface area contributed by atoms with Crippen molar-refractivity contribution in [1.82, 2.24) is 10.2 Å². The van der Waals surface area contributed by atoms with Crippen LogP contribution in [0.4, 0.5) is 4.39 Å². The lowest BCUT2D eigenvalue weighted by molar-refractivity contribution is -0.136. The van der Waals surface area contributed by atoms with E-state index in [0.717, 1.165) is 56.5 Å². The molecular weight excluding hydrogens is 343 g/mol. The van der Waals surface area contributed by atoms with E-state index in [2.05, 4.69) is 11.9 Å². The largest absolute Gasteiger partial charge is 0.362 e. The molecule has 5 heteroatoms. The molecule has 2 atom stereocenters. The van der Waals surface area contributed by atoms with Gasteiger partial charge in [0.15, 0.2) is 5.78 Å². The molecule has 1 aromatic rings. The van der Waals surface area contributed by atoms with Crippen LogP contribution in [0.3, 0.4) is 0 Å². The van der Waals surface area contributed by atoms with Gasteiger partial charge in [-0.3, -0.25) is 9.59 Å². The van der Waals surface area contributed by atoms with Gasteiger partial charge < -0.3 is 10.2 Å². The van der Waals surface area contributed by atoms with E-state index >= 15 is 0 Å². The molecule has 1 fully saturated rings. The summed E-state index contributed by atoms with van der Waals surface area (Å²) in [7, 11) is 0. The summed E-state index contributed by atoms with van der Waals surface area (Å²) in [6.07, 6.45) is 5.23. The fourth-order valence-electron chi connectivity index (χ4n) is 4.63. The molecule has 1 saturated heterocycles. The summed E-state index contributed by atoms with van der Waals surface area (Å²) in [6, 6.07) is 6.19. The summed E-state index contributed by atoms with van der Waals surface area (Å²) in [6.45, 7) is 5.64. The number of piperidine rings is 1. The van der Waals surface area contributed by atoms with Crippen molar-refractivity contribution in [1.29, 1.82) is 0 Å². The van der Waals surface area contributed by atoms with Crippen molar-refractivity contribution in [3.63, 3.8) is 0 Å². The molecule has 2 unspecified atom stereocenters. The van der Waals surface area contributed by atoms with E-state index in [0.29, 0.717) is 17.7 Å². The quantitative estimate of drug-likeness (QED) is 0.867. The van der Waals surface area contributed by atoms with Gasteiger partial charge in [-0.15, -0.1) is 0 Å². The van der Waals surface area contributed by atoms with Crippen LogP contribution in [0.2, 0.25) is 0 Å². The second kappa shape index (κ2) is 7.29. The summed E-state index contributed by atoms with van der Waals surface area (Å²) >= 11 is 0. The van der Waals surface area contributed by atoms with Gasteiger partial charge in [-0.2, -0.15) is 0 Å². The lowest BCUT2D eigenvalue weighted by atomic mass is 9.71. The SMILES string of the molecule is C=C1NC2=C(C(=O)CCC2)C(c2ccc(F)cc2)C1C(=O)N1CCCCC1. The summed E-state index contributed by atoms with van der Waals surface area (Å²) in [4.78, 5) is 28.1. The van der Waals surface area contributed by atoms with Gasteiger partial charge in [0.25, 0.3) is 0 Å². The van der Waals surface area contributed by atoms with Gasteiger partial charge in [-0.25, -0.2) is 4.39 Å². The minimum absolute atomic E-state index is 0.0199. The number of allylic oxidation sites excluding steroid dienone is 2. The Balaban J connectivity index is 1.79. The number of carbonyl (C=O) groups excluding carboxylic acids is 2. The van der Waals surface area contributed by atoms with Crippen LogP contribution < -0.4 is 5.32 Å². The maximum atomic E-state index is 13.5.